The van der Waals surface area contributed by atoms with Crippen LogP contribution >= 0.6 is 0 Å². The van der Waals surface area contributed by atoms with E-state index in [1.165, 1.54) is 12.8 Å². The maximum absolute atomic E-state index is 9.87. The molecule has 2 N–H and O–H groups in total. The van der Waals surface area contributed by atoms with Crippen LogP contribution in [0.25, 0.3) is 0 Å². The third-order valence-corrected chi connectivity index (χ3v) is 3.11. The fourth-order valence-corrected chi connectivity index (χ4v) is 2.05. The first-order valence-corrected chi connectivity index (χ1v) is 6.02. The van der Waals surface area contributed by atoms with E-state index in [0.29, 0.717) is 11.6 Å². The summed E-state index contributed by atoms with van der Waals surface area (Å²) in [6.45, 7) is 6.20. The number of hydrogen-bond donors (Lipinski definition) is 2. The van der Waals surface area contributed by atoms with E-state index in [-0.39, 0.29) is 5.75 Å². The second kappa shape index (κ2) is 4.80. The van der Waals surface area contributed by atoms with Crippen molar-refractivity contribution in [3.05, 3.63) is 36.4 Å². The lowest BCUT2D eigenvalue weighted by molar-refractivity contribution is 0.195. The lowest BCUT2D eigenvalue weighted by Gasteiger charge is -2.24. The normalized spacial score (nSPS) is 16.6. The molecule has 1 aliphatic carbocycles. The molecular formula is C14H19NO2. The van der Waals surface area contributed by atoms with Gasteiger partial charge in [0.15, 0.2) is 0 Å². The molecule has 3 nitrogen and oxygen atoms in total. The lowest BCUT2D eigenvalue weighted by Crippen LogP contribution is -2.25. The van der Waals surface area contributed by atoms with E-state index in [0.717, 1.165) is 12.2 Å². The number of aliphatic hydroxyl groups is 1. The van der Waals surface area contributed by atoms with Crippen molar-refractivity contribution in [2.75, 3.05) is 11.4 Å². The highest BCUT2D eigenvalue weighted by Crippen LogP contribution is 2.35. The van der Waals surface area contributed by atoms with Crippen molar-refractivity contribution in [3.63, 3.8) is 0 Å². The zero-order chi connectivity index (χ0) is 12.4. The highest BCUT2D eigenvalue weighted by atomic mass is 16.3. The molecule has 1 fully saturated rings. The molecule has 0 amide bonds. The average molecular weight is 233 g/mol. The van der Waals surface area contributed by atoms with Gasteiger partial charge in [-0.05, 0) is 25.8 Å². The van der Waals surface area contributed by atoms with Gasteiger partial charge in [-0.3, -0.25) is 0 Å². The molecule has 1 atom stereocenters. The van der Waals surface area contributed by atoms with E-state index in [4.69, 9.17) is 0 Å². The number of phenolic OH excluding ortho intramolecular Hbond substituents is 1. The van der Waals surface area contributed by atoms with E-state index in [2.05, 4.69) is 11.5 Å². The fraction of sp³-hybridized carbons (Fsp3) is 0.429. The number of anilines is 1. The van der Waals surface area contributed by atoms with Gasteiger partial charge in [0.05, 0.1) is 6.10 Å². The number of aliphatic hydroxyl groups excluding tert-OH is 1. The van der Waals surface area contributed by atoms with Gasteiger partial charge in [-0.2, -0.15) is 0 Å². The van der Waals surface area contributed by atoms with Crippen LogP contribution in [-0.4, -0.2) is 22.8 Å². The summed E-state index contributed by atoms with van der Waals surface area (Å²) in [6, 6.07) is 6.03. The van der Waals surface area contributed by atoms with Crippen molar-refractivity contribution in [1.29, 1.82) is 0 Å². The van der Waals surface area contributed by atoms with Gasteiger partial charge in [0.25, 0.3) is 0 Å². The Morgan fingerprint density at radius 1 is 1.53 bits per heavy atom. The van der Waals surface area contributed by atoms with Gasteiger partial charge in [-0.15, -0.1) is 6.58 Å². The standard InChI is InChI=1S/C14H19NO2/c1-3-8-15(11-4-5-11)12-6-7-13(10(2)16)14(17)9-12/h3,6-7,9-11,16-17H,1,4-5,8H2,2H3. The second-order valence-corrected chi connectivity index (χ2v) is 4.59. The number of nitrogens with zero attached hydrogens (tertiary/aromatic N) is 1. The van der Waals surface area contributed by atoms with E-state index in [1.54, 1.807) is 19.1 Å². The van der Waals surface area contributed by atoms with Crippen LogP contribution in [0, 0.1) is 0 Å². The summed E-state index contributed by atoms with van der Waals surface area (Å²) in [5.74, 6) is 0.159. The molecular weight excluding hydrogens is 214 g/mol. The van der Waals surface area contributed by atoms with Gasteiger partial charge in [0, 0.05) is 29.9 Å². The van der Waals surface area contributed by atoms with Crippen LogP contribution in [0.15, 0.2) is 30.9 Å². The van der Waals surface area contributed by atoms with Gasteiger partial charge in [-0.25, -0.2) is 0 Å². The molecule has 17 heavy (non-hydrogen) atoms. The predicted molar refractivity (Wildman–Crippen MR) is 69.3 cm³/mol. The molecule has 1 unspecified atom stereocenters. The van der Waals surface area contributed by atoms with Crippen LogP contribution in [0.1, 0.15) is 31.4 Å². The van der Waals surface area contributed by atoms with Crippen LogP contribution in [0.2, 0.25) is 0 Å². The Kier molecular flexibility index (Phi) is 3.38. The summed E-state index contributed by atoms with van der Waals surface area (Å²) in [4.78, 5) is 2.23. The van der Waals surface area contributed by atoms with Gasteiger partial charge >= 0.3 is 0 Å². The Labute approximate surface area is 102 Å². The third kappa shape index (κ3) is 2.61. The predicted octanol–water partition coefficient (Wildman–Crippen LogP) is 2.60. The van der Waals surface area contributed by atoms with E-state index in [9.17, 15) is 10.2 Å². The van der Waals surface area contributed by atoms with Crippen molar-refractivity contribution in [2.24, 2.45) is 0 Å². The largest absolute Gasteiger partial charge is 0.507 e. The first-order chi connectivity index (χ1) is 8.13. The van der Waals surface area contributed by atoms with Gasteiger partial charge in [0.2, 0.25) is 0 Å². The monoisotopic (exact) mass is 233 g/mol. The minimum absolute atomic E-state index is 0.159. The van der Waals surface area contributed by atoms with Crippen molar-refractivity contribution >= 4 is 5.69 Å². The summed E-state index contributed by atoms with van der Waals surface area (Å²) in [7, 11) is 0. The maximum atomic E-state index is 9.87. The first-order valence-electron chi connectivity index (χ1n) is 6.02. The molecule has 0 aliphatic heterocycles. The van der Waals surface area contributed by atoms with Gasteiger partial charge in [0.1, 0.15) is 5.75 Å². The highest BCUT2D eigenvalue weighted by molar-refractivity contribution is 5.55. The Hall–Kier alpha value is -1.48. The summed E-state index contributed by atoms with van der Waals surface area (Å²) >= 11 is 0. The molecule has 92 valence electrons. The molecule has 0 heterocycles. The number of benzene rings is 1. The van der Waals surface area contributed by atoms with Crippen molar-refractivity contribution in [3.8, 4) is 5.75 Å². The van der Waals surface area contributed by atoms with Crippen LogP contribution in [0.3, 0.4) is 0 Å². The number of phenols is 1. The Morgan fingerprint density at radius 3 is 2.71 bits per heavy atom. The summed E-state index contributed by atoms with van der Waals surface area (Å²) < 4.78 is 0. The third-order valence-electron chi connectivity index (χ3n) is 3.11. The quantitative estimate of drug-likeness (QED) is 0.768. The molecule has 0 spiro atoms. The average Bonchev–Trinajstić information content (AvgIpc) is 3.09. The topological polar surface area (TPSA) is 43.7 Å². The van der Waals surface area contributed by atoms with E-state index < -0.39 is 6.10 Å². The summed E-state index contributed by atoms with van der Waals surface area (Å²) in [5.41, 5.74) is 1.57. The fourth-order valence-electron chi connectivity index (χ4n) is 2.05. The van der Waals surface area contributed by atoms with Crippen LogP contribution in [-0.2, 0) is 0 Å². The van der Waals surface area contributed by atoms with Crippen LogP contribution in [0.4, 0.5) is 5.69 Å². The lowest BCUT2D eigenvalue weighted by atomic mass is 10.1. The number of rotatable bonds is 5. The highest BCUT2D eigenvalue weighted by Gasteiger charge is 2.28. The minimum atomic E-state index is -0.641. The van der Waals surface area contributed by atoms with Crippen molar-refractivity contribution in [1.82, 2.24) is 0 Å². The van der Waals surface area contributed by atoms with E-state index >= 15 is 0 Å². The van der Waals surface area contributed by atoms with Gasteiger partial charge in [-0.1, -0.05) is 12.1 Å². The molecule has 1 saturated carbocycles. The first kappa shape index (κ1) is 12.0. The molecule has 0 radical (unpaired) electrons. The molecule has 0 saturated heterocycles. The summed E-state index contributed by atoms with van der Waals surface area (Å²) in [5, 5.41) is 19.3. The zero-order valence-corrected chi connectivity index (χ0v) is 10.1. The second-order valence-electron chi connectivity index (χ2n) is 4.59. The zero-order valence-electron chi connectivity index (χ0n) is 10.1. The molecule has 1 aromatic rings. The van der Waals surface area contributed by atoms with Crippen molar-refractivity contribution in [2.45, 2.75) is 31.9 Å². The number of hydrogen-bond acceptors (Lipinski definition) is 3. The van der Waals surface area contributed by atoms with Gasteiger partial charge < -0.3 is 15.1 Å². The molecule has 2 rings (SSSR count). The van der Waals surface area contributed by atoms with Crippen LogP contribution < -0.4 is 4.90 Å². The minimum Gasteiger partial charge on any atom is -0.507 e. The number of aromatic hydroxyl groups is 1. The summed E-state index contributed by atoms with van der Waals surface area (Å²) in [6.07, 6.45) is 3.63. The maximum Gasteiger partial charge on any atom is 0.123 e. The molecule has 1 aromatic carbocycles. The Balaban J connectivity index is 2.25. The molecule has 0 bridgehead atoms. The van der Waals surface area contributed by atoms with Crippen LogP contribution in [0.5, 0.6) is 5.75 Å². The molecule has 0 aromatic heterocycles. The van der Waals surface area contributed by atoms with Crippen molar-refractivity contribution < 1.29 is 10.2 Å². The van der Waals surface area contributed by atoms with E-state index in [1.807, 2.05) is 12.1 Å². The Bertz CT molecular complexity index is 411. The smallest absolute Gasteiger partial charge is 0.123 e. The molecule has 1 aliphatic rings. The molecule has 3 heteroatoms. The SMILES string of the molecule is C=CCN(c1ccc(C(C)O)c(O)c1)C1CC1. The Morgan fingerprint density at radius 2 is 2.24 bits per heavy atom.